The van der Waals surface area contributed by atoms with Crippen molar-refractivity contribution >= 4 is 28.3 Å². The molecule has 7 heteroatoms. The number of fused-ring (bicyclic) bond motifs is 1. The van der Waals surface area contributed by atoms with Gasteiger partial charge in [0.15, 0.2) is 0 Å². The topological polar surface area (TPSA) is 76.3 Å². The summed E-state index contributed by atoms with van der Waals surface area (Å²) in [6.45, 7) is 4.73. The van der Waals surface area contributed by atoms with Crippen molar-refractivity contribution in [3.63, 3.8) is 0 Å². The van der Waals surface area contributed by atoms with E-state index in [0.29, 0.717) is 6.04 Å². The van der Waals surface area contributed by atoms with E-state index in [2.05, 4.69) is 56.1 Å². The molecule has 31 heavy (non-hydrogen) atoms. The van der Waals surface area contributed by atoms with Gasteiger partial charge in [-0.2, -0.15) is 5.10 Å². The molecule has 0 unspecified atom stereocenters. The van der Waals surface area contributed by atoms with Gasteiger partial charge in [0.05, 0.1) is 11.7 Å². The lowest BCUT2D eigenvalue weighted by Crippen LogP contribution is -2.41. The highest BCUT2D eigenvalue weighted by Gasteiger charge is 2.21. The molecule has 2 saturated heterocycles. The van der Waals surface area contributed by atoms with Crippen molar-refractivity contribution < 1.29 is 4.79 Å². The third-order valence-corrected chi connectivity index (χ3v) is 6.29. The normalized spacial score (nSPS) is 19.6. The smallest absolute Gasteiger partial charge is 0.321 e. The predicted octanol–water partition coefficient (Wildman–Crippen LogP) is 4.27. The molecule has 3 aromatic rings. The maximum atomic E-state index is 12.4. The molecule has 2 amide bonds. The summed E-state index contributed by atoms with van der Waals surface area (Å²) in [5.41, 5.74) is 4.33. The molecular weight excluding hydrogens is 388 g/mol. The third kappa shape index (κ3) is 4.82. The number of nitrogens with zero attached hydrogens (tertiary/aromatic N) is 3. The highest BCUT2D eigenvalue weighted by Crippen LogP contribution is 2.22. The minimum atomic E-state index is 0.0199. The Bertz CT molecular complexity index is 1040. The van der Waals surface area contributed by atoms with E-state index < -0.39 is 0 Å². The van der Waals surface area contributed by atoms with E-state index in [1.165, 1.54) is 18.4 Å². The number of carbonyl (C=O) groups excluding carboxylic acids is 1. The average molecular weight is 419 g/mol. The van der Waals surface area contributed by atoms with E-state index in [1.54, 1.807) is 0 Å². The van der Waals surface area contributed by atoms with Crippen molar-refractivity contribution in [1.82, 2.24) is 20.0 Å². The summed E-state index contributed by atoms with van der Waals surface area (Å²) in [5.74, 6) is 0. The summed E-state index contributed by atoms with van der Waals surface area (Å²) in [6, 6.07) is 15.1. The summed E-state index contributed by atoms with van der Waals surface area (Å²) < 4.78 is 0. The number of piperidine rings is 1. The van der Waals surface area contributed by atoms with Gasteiger partial charge in [-0.05, 0) is 68.1 Å². The number of amides is 2. The second-order valence-electron chi connectivity index (χ2n) is 8.72. The van der Waals surface area contributed by atoms with Crippen molar-refractivity contribution in [3.05, 3.63) is 54.2 Å². The summed E-state index contributed by atoms with van der Waals surface area (Å²) >= 11 is 0. The van der Waals surface area contributed by atoms with Crippen LogP contribution in [0.3, 0.4) is 0 Å². The minimum Gasteiger partial charge on any atom is -0.381 e. The molecule has 5 rings (SSSR count). The number of aromatic nitrogens is 2. The SMILES string of the molecule is O=C(Nc1cccc(CN2CCC[C@@H](Nc3ccc4[nH]ncc4c3)C2)c1)N1CCCC1. The van der Waals surface area contributed by atoms with Crippen LogP contribution >= 0.6 is 0 Å². The number of benzene rings is 2. The van der Waals surface area contributed by atoms with Crippen LogP contribution in [0.15, 0.2) is 48.7 Å². The highest BCUT2D eigenvalue weighted by atomic mass is 16.2. The molecule has 0 radical (unpaired) electrons. The molecule has 2 fully saturated rings. The van der Waals surface area contributed by atoms with Crippen LogP contribution in [-0.2, 0) is 6.54 Å². The zero-order chi connectivity index (χ0) is 21.0. The first-order valence-electron chi connectivity index (χ1n) is 11.3. The number of nitrogens with one attached hydrogen (secondary N) is 3. The summed E-state index contributed by atoms with van der Waals surface area (Å²) in [7, 11) is 0. The first kappa shape index (κ1) is 19.9. The van der Waals surface area contributed by atoms with Gasteiger partial charge < -0.3 is 15.5 Å². The summed E-state index contributed by atoms with van der Waals surface area (Å²) in [5, 5.41) is 15.0. The Morgan fingerprint density at radius 1 is 1.06 bits per heavy atom. The van der Waals surface area contributed by atoms with Crippen LogP contribution in [-0.4, -0.2) is 58.2 Å². The number of aromatic amines is 1. The fourth-order valence-corrected chi connectivity index (χ4v) is 4.71. The lowest BCUT2D eigenvalue weighted by Gasteiger charge is -2.33. The number of anilines is 2. The molecule has 3 N–H and O–H groups in total. The number of urea groups is 1. The Morgan fingerprint density at radius 2 is 1.97 bits per heavy atom. The maximum Gasteiger partial charge on any atom is 0.321 e. The first-order valence-corrected chi connectivity index (χ1v) is 11.3. The lowest BCUT2D eigenvalue weighted by atomic mass is 10.0. The number of carbonyl (C=O) groups is 1. The van der Waals surface area contributed by atoms with Crippen molar-refractivity contribution in [2.24, 2.45) is 0 Å². The number of hydrogen-bond donors (Lipinski definition) is 3. The average Bonchev–Trinajstić information content (AvgIpc) is 3.46. The Labute approximate surface area is 182 Å². The standard InChI is InChI=1S/C24H30N6O/c31-24(30-11-1-2-12-30)27-20-6-3-5-18(13-20)16-29-10-4-7-22(17-29)26-21-8-9-23-19(14-21)15-25-28-23/h3,5-6,8-9,13-15,22,26H,1-2,4,7,10-12,16-17H2,(H,25,28)(H,27,31)/t22-/m1/s1. The van der Waals surface area contributed by atoms with Crippen LogP contribution in [0.5, 0.6) is 0 Å². The van der Waals surface area contributed by atoms with Crippen LogP contribution in [0.4, 0.5) is 16.2 Å². The molecule has 7 nitrogen and oxygen atoms in total. The van der Waals surface area contributed by atoms with Crippen molar-refractivity contribution in [2.45, 2.75) is 38.3 Å². The molecule has 1 aromatic heterocycles. The van der Waals surface area contributed by atoms with Crippen LogP contribution in [0.25, 0.3) is 10.9 Å². The van der Waals surface area contributed by atoms with E-state index >= 15 is 0 Å². The van der Waals surface area contributed by atoms with Crippen molar-refractivity contribution in [1.29, 1.82) is 0 Å². The number of rotatable bonds is 5. The molecular formula is C24H30N6O. The zero-order valence-electron chi connectivity index (χ0n) is 17.8. The zero-order valence-corrected chi connectivity index (χ0v) is 17.8. The Kier molecular flexibility index (Phi) is 5.76. The largest absolute Gasteiger partial charge is 0.381 e. The summed E-state index contributed by atoms with van der Waals surface area (Å²) in [6.07, 6.45) is 6.42. The first-order chi connectivity index (χ1) is 15.2. The molecule has 2 aliphatic rings. The Hall–Kier alpha value is -3.06. The number of likely N-dealkylation sites (tertiary alicyclic amines) is 2. The van der Waals surface area contributed by atoms with Gasteiger partial charge in [0, 0.05) is 49.0 Å². The number of hydrogen-bond acceptors (Lipinski definition) is 4. The molecule has 3 heterocycles. The second-order valence-corrected chi connectivity index (χ2v) is 8.72. The fourth-order valence-electron chi connectivity index (χ4n) is 4.71. The van der Waals surface area contributed by atoms with Crippen molar-refractivity contribution in [3.8, 4) is 0 Å². The highest BCUT2D eigenvalue weighted by molar-refractivity contribution is 5.89. The lowest BCUT2D eigenvalue weighted by molar-refractivity contribution is 0.208. The molecule has 0 bridgehead atoms. The molecule has 0 aliphatic carbocycles. The monoisotopic (exact) mass is 418 g/mol. The van der Waals surface area contributed by atoms with E-state index in [0.717, 1.165) is 67.8 Å². The minimum absolute atomic E-state index is 0.0199. The quantitative estimate of drug-likeness (QED) is 0.578. The van der Waals surface area contributed by atoms with Gasteiger partial charge in [0.1, 0.15) is 0 Å². The molecule has 2 aliphatic heterocycles. The van der Waals surface area contributed by atoms with Crippen LogP contribution in [0.1, 0.15) is 31.2 Å². The van der Waals surface area contributed by atoms with Gasteiger partial charge in [-0.15, -0.1) is 0 Å². The molecule has 0 spiro atoms. The number of H-pyrrole nitrogens is 1. The van der Waals surface area contributed by atoms with Gasteiger partial charge in [-0.1, -0.05) is 12.1 Å². The van der Waals surface area contributed by atoms with E-state index in [9.17, 15) is 4.79 Å². The van der Waals surface area contributed by atoms with E-state index in [4.69, 9.17) is 0 Å². The van der Waals surface area contributed by atoms with Crippen LogP contribution in [0, 0.1) is 0 Å². The van der Waals surface area contributed by atoms with Gasteiger partial charge >= 0.3 is 6.03 Å². The fraction of sp³-hybridized carbons (Fsp3) is 0.417. The maximum absolute atomic E-state index is 12.4. The molecule has 162 valence electrons. The van der Waals surface area contributed by atoms with Gasteiger partial charge in [-0.3, -0.25) is 10.00 Å². The predicted molar refractivity (Wildman–Crippen MR) is 124 cm³/mol. The van der Waals surface area contributed by atoms with E-state index in [1.807, 2.05) is 23.2 Å². The third-order valence-electron chi connectivity index (χ3n) is 6.29. The summed E-state index contributed by atoms with van der Waals surface area (Å²) in [4.78, 5) is 16.8. The van der Waals surface area contributed by atoms with Crippen LogP contribution < -0.4 is 10.6 Å². The Balaban J connectivity index is 1.18. The second kappa shape index (κ2) is 8.98. The van der Waals surface area contributed by atoms with Gasteiger partial charge in [0.25, 0.3) is 0 Å². The molecule has 0 saturated carbocycles. The molecule has 1 atom stereocenters. The van der Waals surface area contributed by atoms with Gasteiger partial charge in [0.2, 0.25) is 0 Å². The van der Waals surface area contributed by atoms with Gasteiger partial charge in [-0.25, -0.2) is 4.79 Å². The van der Waals surface area contributed by atoms with Crippen LogP contribution in [0.2, 0.25) is 0 Å². The molecule has 2 aromatic carbocycles. The van der Waals surface area contributed by atoms with Crippen molar-refractivity contribution in [2.75, 3.05) is 36.8 Å². The Morgan fingerprint density at radius 3 is 2.87 bits per heavy atom. The van der Waals surface area contributed by atoms with E-state index in [-0.39, 0.29) is 6.03 Å².